The molecule has 1 atom stereocenters. The highest BCUT2D eigenvalue weighted by Gasteiger charge is 2.35. The number of aliphatic hydroxyl groups excluding tert-OH is 1. The number of carbonyl (C=O) groups is 2. The van der Waals surface area contributed by atoms with Gasteiger partial charge in [-0.2, -0.15) is 0 Å². The lowest BCUT2D eigenvalue weighted by Crippen LogP contribution is -2.46. The highest BCUT2D eigenvalue weighted by molar-refractivity contribution is 6.31. The van der Waals surface area contributed by atoms with Crippen molar-refractivity contribution in [2.45, 2.75) is 26.1 Å². The van der Waals surface area contributed by atoms with Gasteiger partial charge in [-0.25, -0.2) is 22.4 Å². The normalized spacial score (nSPS) is 15.1. The number of urea groups is 1. The maximum atomic E-state index is 14.6. The van der Waals surface area contributed by atoms with Crippen LogP contribution in [-0.4, -0.2) is 47.0 Å². The molecule has 4 rings (SSSR count). The van der Waals surface area contributed by atoms with Gasteiger partial charge in [0.1, 0.15) is 23.3 Å². The van der Waals surface area contributed by atoms with E-state index in [2.05, 4.69) is 0 Å². The molecule has 1 heterocycles. The Balaban J connectivity index is 1.73. The van der Waals surface area contributed by atoms with E-state index in [1.165, 1.54) is 40.1 Å². The van der Waals surface area contributed by atoms with E-state index >= 15 is 0 Å². The minimum Gasteiger partial charge on any atom is -0.395 e. The first-order valence-electron chi connectivity index (χ1n) is 11.7. The largest absolute Gasteiger partial charge is 0.395 e. The number of hydrogen-bond acceptors (Lipinski definition) is 3. The molecule has 0 bridgehead atoms. The van der Waals surface area contributed by atoms with Crippen LogP contribution < -0.4 is 4.90 Å². The molecule has 0 aromatic heterocycles. The minimum atomic E-state index is -1.17. The summed E-state index contributed by atoms with van der Waals surface area (Å²) in [6.07, 6.45) is 0. The first-order valence-corrected chi connectivity index (χ1v) is 12.1. The highest BCUT2D eigenvalue weighted by Crippen LogP contribution is 2.38. The fourth-order valence-electron chi connectivity index (χ4n) is 4.40. The van der Waals surface area contributed by atoms with Crippen molar-refractivity contribution in [1.29, 1.82) is 0 Å². The van der Waals surface area contributed by atoms with Gasteiger partial charge in [0, 0.05) is 47.4 Å². The Labute approximate surface area is 221 Å². The van der Waals surface area contributed by atoms with Gasteiger partial charge >= 0.3 is 6.03 Å². The Hall–Kier alpha value is -3.63. The van der Waals surface area contributed by atoms with E-state index < -0.39 is 53.9 Å². The van der Waals surface area contributed by atoms with Crippen molar-refractivity contribution in [1.82, 2.24) is 9.80 Å². The van der Waals surface area contributed by atoms with Crippen LogP contribution in [0.5, 0.6) is 0 Å². The third kappa shape index (κ3) is 5.19. The van der Waals surface area contributed by atoms with Crippen LogP contribution in [0.25, 0.3) is 0 Å². The molecule has 0 saturated carbocycles. The smallest absolute Gasteiger partial charge is 0.325 e. The van der Waals surface area contributed by atoms with Crippen LogP contribution >= 0.6 is 11.6 Å². The molecule has 0 aliphatic carbocycles. The molecule has 6 nitrogen and oxygen atoms in total. The summed E-state index contributed by atoms with van der Waals surface area (Å²) in [5.74, 6) is -4.72. The molecule has 38 heavy (non-hydrogen) atoms. The van der Waals surface area contributed by atoms with E-state index in [0.717, 1.165) is 4.90 Å². The lowest BCUT2D eigenvalue weighted by Gasteiger charge is -2.40. The molecule has 1 aliphatic rings. The fraction of sp³-hybridized carbons (Fsp3) is 0.259. The summed E-state index contributed by atoms with van der Waals surface area (Å²) in [7, 11) is 1.60. The predicted molar refractivity (Wildman–Crippen MR) is 134 cm³/mol. The molecule has 1 N–H and O–H groups in total. The summed E-state index contributed by atoms with van der Waals surface area (Å²) in [5, 5.41) is 9.62. The van der Waals surface area contributed by atoms with Gasteiger partial charge < -0.3 is 14.9 Å². The SMILES string of the molecule is CC1c2ccc(C(=O)N(CCO)Cc3c(F)cc(F)cc3F)cc2N(Cc2c(F)cccc2Cl)C(=O)N1C. The molecule has 3 aromatic rings. The first-order chi connectivity index (χ1) is 18.0. The molecule has 1 unspecified atom stereocenters. The molecule has 1 aliphatic heterocycles. The molecule has 0 saturated heterocycles. The van der Waals surface area contributed by atoms with Gasteiger partial charge in [0.2, 0.25) is 0 Å². The van der Waals surface area contributed by atoms with Gasteiger partial charge in [-0.3, -0.25) is 9.69 Å². The molecule has 11 heteroatoms. The first kappa shape index (κ1) is 27.4. The van der Waals surface area contributed by atoms with Crippen molar-refractivity contribution in [3.05, 3.63) is 99.1 Å². The monoisotopic (exact) mass is 549 g/mol. The molecular formula is C27H24ClF4N3O3. The fourth-order valence-corrected chi connectivity index (χ4v) is 4.62. The van der Waals surface area contributed by atoms with Crippen molar-refractivity contribution < 1.29 is 32.3 Å². The average Bonchev–Trinajstić information content (AvgIpc) is 2.87. The van der Waals surface area contributed by atoms with Crippen LogP contribution in [-0.2, 0) is 13.1 Å². The lowest BCUT2D eigenvalue weighted by molar-refractivity contribution is 0.0704. The van der Waals surface area contributed by atoms with Crippen LogP contribution in [0, 0.1) is 23.3 Å². The predicted octanol–water partition coefficient (Wildman–Crippen LogP) is 5.66. The second-order valence-corrected chi connectivity index (χ2v) is 9.33. The summed E-state index contributed by atoms with van der Waals surface area (Å²) in [6.45, 7) is 0.251. The lowest BCUT2D eigenvalue weighted by atomic mass is 9.98. The molecular weight excluding hydrogens is 526 g/mol. The van der Waals surface area contributed by atoms with E-state index in [1.54, 1.807) is 20.0 Å². The molecule has 0 radical (unpaired) electrons. The number of amides is 3. The van der Waals surface area contributed by atoms with E-state index in [0.29, 0.717) is 23.4 Å². The van der Waals surface area contributed by atoms with Crippen LogP contribution in [0.1, 0.15) is 40.0 Å². The zero-order valence-electron chi connectivity index (χ0n) is 20.5. The zero-order chi connectivity index (χ0) is 27.7. The number of carbonyl (C=O) groups excluding carboxylic acids is 2. The summed E-state index contributed by atoms with van der Waals surface area (Å²) in [4.78, 5) is 30.4. The maximum absolute atomic E-state index is 14.6. The highest BCUT2D eigenvalue weighted by atomic mass is 35.5. The minimum absolute atomic E-state index is 0.0642. The molecule has 200 valence electrons. The van der Waals surface area contributed by atoms with E-state index in [4.69, 9.17) is 11.6 Å². The van der Waals surface area contributed by atoms with Crippen molar-refractivity contribution in [3.63, 3.8) is 0 Å². The second kappa shape index (κ2) is 11.0. The van der Waals surface area contributed by atoms with Gasteiger partial charge in [0.25, 0.3) is 5.91 Å². The van der Waals surface area contributed by atoms with E-state index in [-0.39, 0.29) is 35.3 Å². The quantitative estimate of drug-likeness (QED) is 0.387. The van der Waals surface area contributed by atoms with Gasteiger partial charge in [-0.05, 0) is 36.8 Å². The molecule has 0 spiro atoms. The number of fused-ring (bicyclic) bond motifs is 1. The summed E-state index contributed by atoms with van der Waals surface area (Å²) >= 11 is 6.20. The Kier molecular flexibility index (Phi) is 7.94. The number of nitrogens with zero attached hydrogens (tertiary/aromatic N) is 3. The van der Waals surface area contributed by atoms with Gasteiger partial charge in [0.05, 0.1) is 31.4 Å². The second-order valence-electron chi connectivity index (χ2n) is 8.93. The third-order valence-corrected chi connectivity index (χ3v) is 6.98. The average molecular weight is 550 g/mol. The van der Waals surface area contributed by atoms with Crippen molar-refractivity contribution >= 4 is 29.2 Å². The van der Waals surface area contributed by atoms with Crippen LogP contribution in [0.4, 0.5) is 28.0 Å². The van der Waals surface area contributed by atoms with E-state index in [1.807, 2.05) is 0 Å². The maximum Gasteiger partial charge on any atom is 0.325 e. The van der Waals surface area contributed by atoms with Gasteiger partial charge in [-0.15, -0.1) is 0 Å². The molecule has 3 aromatic carbocycles. The third-order valence-electron chi connectivity index (χ3n) is 6.62. The topological polar surface area (TPSA) is 64.1 Å². The molecule has 0 fully saturated rings. The van der Waals surface area contributed by atoms with Crippen LogP contribution in [0.15, 0.2) is 48.5 Å². The Morgan fingerprint density at radius 3 is 2.34 bits per heavy atom. The number of halogens is 5. The standard InChI is InChI=1S/C27H24ClF4N3O3/c1-15-18-7-6-16(26(37)34(8-9-36)13-20-23(31)11-17(29)12-24(20)32)10-25(18)35(27(38)33(15)2)14-19-21(28)4-3-5-22(19)30/h3-7,10-12,15,36H,8-9,13-14H2,1-2H3. The van der Waals surface area contributed by atoms with Crippen molar-refractivity contribution in [2.75, 3.05) is 25.1 Å². The van der Waals surface area contributed by atoms with Crippen molar-refractivity contribution in [3.8, 4) is 0 Å². The van der Waals surface area contributed by atoms with Crippen molar-refractivity contribution in [2.24, 2.45) is 0 Å². The molecule has 3 amide bonds. The van der Waals surface area contributed by atoms with E-state index in [9.17, 15) is 32.3 Å². The summed E-state index contributed by atoms with van der Waals surface area (Å²) in [5.41, 5.74) is 0.647. The van der Waals surface area contributed by atoms with Crippen LogP contribution in [0.3, 0.4) is 0 Å². The number of benzene rings is 3. The van der Waals surface area contributed by atoms with Gasteiger partial charge in [-0.1, -0.05) is 23.7 Å². The number of hydrogen-bond donors (Lipinski definition) is 1. The number of aliphatic hydroxyl groups is 1. The Bertz CT molecular complexity index is 1360. The summed E-state index contributed by atoms with van der Waals surface area (Å²) < 4.78 is 56.5. The van der Waals surface area contributed by atoms with Gasteiger partial charge in [0.15, 0.2) is 0 Å². The number of rotatable bonds is 7. The Morgan fingerprint density at radius 2 is 1.71 bits per heavy atom. The number of anilines is 1. The van der Waals surface area contributed by atoms with Crippen LogP contribution in [0.2, 0.25) is 5.02 Å². The Morgan fingerprint density at radius 1 is 1.03 bits per heavy atom. The zero-order valence-corrected chi connectivity index (χ0v) is 21.3. The summed E-state index contributed by atoms with van der Waals surface area (Å²) in [6, 6.07) is 8.95.